The van der Waals surface area contributed by atoms with Gasteiger partial charge in [-0.05, 0) is 26.3 Å². The lowest BCUT2D eigenvalue weighted by molar-refractivity contribution is -0.678. The van der Waals surface area contributed by atoms with Gasteiger partial charge < -0.3 is 14.1 Å². The van der Waals surface area contributed by atoms with E-state index in [-0.39, 0.29) is 5.97 Å². The highest BCUT2D eigenvalue weighted by atomic mass is 32.2. The van der Waals surface area contributed by atoms with Crippen LogP contribution in [0.1, 0.15) is 32.6 Å². The normalized spacial score (nSPS) is 15.6. The molecule has 27 heavy (non-hydrogen) atoms. The molecule has 1 aliphatic rings. The van der Waals surface area contributed by atoms with Gasteiger partial charge in [-0.25, -0.2) is 4.79 Å². The number of oxazole rings is 1. The number of para-hydroxylation sites is 2. The van der Waals surface area contributed by atoms with E-state index in [1.165, 1.54) is 5.03 Å². The summed E-state index contributed by atoms with van der Waals surface area (Å²) in [6.45, 7) is 10.8. The van der Waals surface area contributed by atoms with Crippen molar-refractivity contribution < 1.29 is 18.5 Å². The average molecular weight is 388 g/mol. The standard InChI is InChI=1S/C21H27N2O3S/c1-4-22-12-14-27-20(22)15-19-23(17-9-5-6-10-18(17)26-19)11-7-8-13-25-21(24)16(2)3/h5-6,9-10,15H,2,4,7-8,11-14H2,1,3H3/q+1. The van der Waals surface area contributed by atoms with Gasteiger partial charge in [0, 0.05) is 36.9 Å². The van der Waals surface area contributed by atoms with Crippen LogP contribution < -0.4 is 4.57 Å². The van der Waals surface area contributed by atoms with E-state index in [2.05, 4.69) is 35.1 Å². The average Bonchev–Trinajstić information content (AvgIpc) is 3.25. The second kappa shape index (κ2) is 9.13. The molecule has 1 aromatic carbocycles. The molecular weight excluding hydrogens is 360 g/mol. The summed E-state index contributed by atoms with van der Waals surface area (Å²) in [6.07, 6.45) is 3.86. The molecule has 0 saturated carbocycles. The molecule has 0 aliphatic carbocycles. The van der Waals surface area contributed by atoms with E-state index in [4.69, 9.17) is 9.15 Å². The monoisotopic (exact) mass is 387 g/mol. The number of nitrogens with zero attached hydrogens (tertiary/aromatic N) is 2. The molecule has 0 radical (unpaired) electrons. The van der Waals surface area contributed by atoms with Crippen molar-refractivity contribution in [2.45, 2.75) is 33.2 Å². The zero-order valence-corrected chi connectivity index (χ0v) is 16.9. The van der Waals surface area contributed by atoms with Gasteiger partial charge in [0.25, 0.3) is 5.52 Å². The number of fused-ring (bicyclic) bond motifs is 1. The number of benzene rings is 1. The number of esters is 1. The van der Waals surface area contributed by atoms with Gasteiger partial charge in [-0.15, -0.1) is 11.8 Å². The molecule has 6 heteroatoms. The maximum Gasteiger partial charge on any atom is 0.376 e. The number of ether oxygens (including phenoxy) is 1. The van der Waals surface area contributed by atoms with E-state index in [1.807, 2.05) is 30.0 Å². The number of unbranched alkanes of at least 4 members (excludes halogenated alkanes) is 1. The molecule has 1 saturated heterocycles. The Bertz CT molecular complexity index is 856. The van der Waals surface area contributed by atoms with Crippen molar-refractivity contribution in [3.63, 3.8) is 0 Å². The quantitative estimate of drug-likeness (QED) is 0.297. The predicted molar refractivity (Wildman–Crippen MR) is 109 cm³/mol. The SMILES string of the molecule is C=C(C)C(=O)OCCCC[n+]1c(C=C2SCCN2CC)oc2ccccc21. The van der Waals surface area contributed by atoms with Crippen molar-refractivity contribution in [2.24, 2.45) is 0 Å². The van der Waals surface area contributed by atoms with E-state index in [9.17, 15) is 4.79 Å². The first-order chi connectivity index (χ1) is 13.1. The molecule has 0 amide bonds. The number of carbonyl (C=O) groups excluding carboxylic acids is 1. The molecule has 0 bridgehead atoms. The maximum absolute atomic E-state index is 11.5. The van der Waals surface area contributed by atoms with Crippen LogP contribution in [0, 0.1) is 0 Å². The molecule has 2 aromatic rings. The lowest BCUT2D eigenvalue weighted by Gasteiger charge is -2.14. The van der Waals surface area contributed by atoms with Crippen LogP contribution in [0.3, 0.4) is 0 Å². The molecule has 2 heterocycles. The van der Waals surface area contributed by atoms with Crippen molar-refractivity contribution in [3.8, 4) is 0 Å². The van der Waals surface area contributed by atoms with Gasteiger partial charge in [0.05, 0.1) is 17.7 Å². The number of carbonyl (C=O) groups is 1. The van der Waals surface area contributed by atoms with Crippen LogP contribution in [0.4, 0.5) is 0 Å². The van der Waals surface area contributed by atoms with Crippen LogP contribution >= 0.6 is 11.8 Å². The van der Waals surface area contributed by atoms with E-state index in [0.717, 1.165) is 55.2 Å². The lowest BCUT2D eigenvalue weighted by atomic mass is 10.3. The Kier molecular flexibility index (Phi) is 6.61. The number of aryl methyl sites for hydroxylation is 1. The first-order valence-electron chi connectivity index (χ1n) is 9.43. The Morgan fingerprint density at radius 3 is 3.00 bits per heavy atom. The van der Waals surface area contributed by atoms with Crippen LogP contribution in [0.25, 0.3) is 17.2 Å². The van der Waals surface area contributed by atoms with Crippen LogP contribution in [0.15, 0.2) is 45.9 Å². The largest absolute Gasteiger partial charge is 0.462 e. The van der Waals surface area contributed by atoms with Crippen molar-refractivity contribution in [1.82, 2.24) is 4.90 Å². The molecular formula is C21H27N2O3S+. The highest BCUT2D eigenvalue weighted by Crippen LogP contribution is 2.29. The minimum atomic E-state index is -0.320. The molecule has 5 nitrogen and oxygen atoms in total. The van der Waals surface area contributed by atoms with Crippen LogP contribution in [-0.4, -0.2) is 36.3 Å². The second-order valence-corrected chi connectivity index (χ2v) is 7.71. The minimum absolute atomic E-state index is 0.320. The zero-order valence-electron chi connectivity index (χ0n) is 16.1. The first-order valence-corrected chi connectivity index (χ1v) is 10.4. The number of thioether (sulfide) groups is 1. The molecule has 0 unspecified atom stereocenters. The summed E-state index contributed by atoms with van der Waals surface area (Å²) >= 11 is 1.87. The van der Waals surface area contributed by atoms with Crippen LogP contribution in [0.5, 0.6) is 0 Å². The number of hydrogen-bond donors (Lipinski definition) is 0. The van der Waals surface area contributed by atoms with E-state index >= 15 is 0 Å². The fourth-order valence-electron chi connectivity index (χ4n) is 3.07. The summed E-state index contributed by atoms with van der Waals surface area (Å²) in [6, 6.07) is 8.11. The number of hydrogen-bond acceptors (Lipinski definition) is 5. The Labute approximate surface area is 164 Å². The molecule has 0 spiro atoms. The molecule has 1 fully saturated rings. The topological polar surface area (TPSA) is 46.6 Å². The number of rotatable bonds is 8. The summed E-state index contributed by atoms with van der Waals surface area (Å²) < 4.78 is 13.5. The highest BCUT2D eigenvalue weighted by Gasteiger charge is 2.24. The summed E-state index contributed by atoms with van der Waals surface area (Å²) in [7, 11) is 0. The van der Waals surface area contributed by atoms with Gasteiger partial charge >= 0.3 is 11.9 Å². The van der Waals surface area contributed by atoms with Gasteiger partial charge in [0.1, 0.15) is 0 Å². The van der Waals surface area contributed by atoms with Gasteiger partial charge in [-0.3, -0.25) is 0 Å². The Morgan fingerprint density at radius 2 is 2.22 bits per heavy atom. The maximum atomic E-state index is 11.5. The van der Waals surface area contributed by atoms with E-state index in [1.54, 1.807) is 6.92 Å². The third-order valence-electron chi connectivity index (χ3n) is 4.55. The molecule has 1 aliphatic heterocycles. The van der Waals surface area contributed by atoms with E-state index < -0.39 is 0 Å². The summed E-state index contributed by atoms with van der Waals surface area (Å²) in [5.74, 6) is 1.67. The molecule has 144 valence electrons. The Balaban J connectivity index is 1.72. The van der Waals surface area contributed by atoms with Gasteiger partial charge in [0.15, 0.2) is 6.54 Å². The Morgan fingerprint density at radius 1 is 1.41 bits per heavy atom. The smallest absolute Gasteiger partial charge is 0.376 e. The predicted octanol–water partition coefficient (Wildman–Crippen LogP) is 3.99. The minimum Gasteiger partial charge on any atom is -0.462 e. The third kappa shape index (κ3) is 4.75. The second-order valence-electron chi connectivity index (χ2n) is 6.59. The van der Waals surface area contributed by atoms with Gasteiger partial charge in [0.2, 0.25) is 5.58 Å². The van der Waals surface area contributed by atoms with Crippen molar-refractivity contribution in [3.05, 3.63) is 47.3 Å². The third-order valence-corrected chi connectivity index (χ3v) is 5.60. The summed E-state index contributed by atoms with van der Waals surface area (Å²) in [5, 5.41) is 1.26. The molecule has 0 atom stereocenters. The van der Waals surface area contributed by atoms with Gasteiger partial charge in [-0.1, -0.05) is 18.7 Å². The van der Waals surface area contributed by atoms with Crippen LogP contribution in [0.2, 0.25) is 0 Å². The van der Waals surface area contributed by atoms with Crippen molar-refractivity contribution >= 4 is 34.9 Å². The molecule has 3 rings (SSSR count). The Hall–Kier alpha value is -2.21. The zero-order chi connectivity index (χ0) is 19.2. The van der Waals surface area contributed by atoms with Crippen LogP contribution in [-0.2, 0) is 16.1 Å². The van der Waals surface area contributed by atoms with E-state index in [0.29, 0.717) is 12.2 Å². The highest BCUT2D eigenvalue weighted by molar-refractivity contribution is 8.03. The van der Waals surface area contributed by atoms with Crippen molar-refractivity contribution in [1.29, 1.82) is 0 Å². The molecule has 1 aromatic heterocycles. The lowest BCUT2D eigenvalue weighted by Crippen LogP contribution is -2.35. The fourth-order valence-corrected chi connectivity index (χ4v) is 4.17. The fraction of sp³-hybridized carbons (Fsp3) is 0.429. The van der Waals surface area contributed by atoms with Crippen molar-refractivity contribution in [2.75, 3.05) is 25.4 Å². The summed E-state index contributed by atoms with van der Waals surface area (Å²) in [4.78, 5) is 13.8. The number of aromatic nitrogens is 1. The summed E-state index contributed by atoms with van der Waals surface area (Å²) in [5.41, 5.74) is 2.42. The first kappa shape index (κ1) is 19.5. The van der Waals surface area contributed by atoms with Gasteiger partial charge in [-0.2, -0.15) is 4.57 Å². The molecule has 0 N–H and O–H groups in total.